The van der Waals surface area contributed by atoms with Crippen molar-refractivity contribution < 1.29 is 18.0 Å². The summed E-state index contributed by atoms with van der Waals surface area (Å²) in [6.07, 6.45) is 1.17. The van der Waals surface area contributed by atoms with Crippen LogP contribution in [0.15, 0.2) is 36.4 Å². The van der Waals surface area contributed by atoms with E-state index in [0.717, 1.165) is 36.3 Å². The molecule has 2 heterocycles. The Bertz CT molecular complexity index is 1030. The number of hydrogen-bond acceptors (Lipinski definition) is 3. The molecule has 2 atom stereocenters. The largest absolute Gasteiger partial charge is 0.370 e. The van der Waals surface area contributed by atoms with Gasteiger partial charge in [-0.25, -0.2) is 13.2 Å². The number of hydrogen-bond donors (Lipinski definition) is 1. The molecule has 0 aliphatic carbocycles. The predicted molar refractivity (Wildman–Crippen MR) is 130 cm³/mol. The van der Waals surface area contributed by atoms with Gasteiger partial charge in [0.1, 0.15) is 5.82 Å². The molecule has 0 spiro atoms. The average Bonchev–Trinajstić information content (AvgIpc) is 3.29. The van der Waals surface area contributed by atoms with Crippen molar-refractivity contribution >= 4 is 17.3 Å². The highest BCUT2D eigenvalue weighted by atomic mass is 19.3. The topological polar surface area (TPSA) is 35.6 Å². The lowest BCUT2D eigenvalue weighted by Crippen LogP contribution is -2.46. The molecule has 0 bridgehead atoms. The van der Waals surface area contributed by atoms with Crippen LogP contribution in [0.1, 0.15) is 42.9 Å². The number of nitrogens with zero attached hydrogens (tertiary/aromatic N) is 2. The summed E-state index contributed by atoms with van der Waals surface area (Å²) in [7, 11) is 0. The van der Waals surface area contributed by atoms with Gasteiger partial charge < -0.3 is 10.2 Å². The third-order valence-corrected chi connectivity index (χ3v) is 7.46. The van der Waals surface area contributed by atoms with Gasteiger partial charge in [-0.1, -0.05) is 19.1 Å². The number of aryl methyl sites for hydroxylation is 1. The lowest BCUT2D eigenvalue weighted by Gasteiger charge is -2.35. The molecule has 1 amide bonds. The molecule has 34 heavy (non-hydrogen) atoms. The number of piperidine rings is 1. The molecule has 2 unspecified atom stereocenters. The Morgan fingerprint density at radius 1 is 1.15 bits per heavy atom. The molecule has 2 fully saturated rings. The molecule has 4 rings (SSSR count). The zero-order valence-corrected chi connectivity index (χ0v) is 20.2. The minimum Gasteiger partial charge on any atom is -0.370 e. The first kappa shape index (κ1) is 24.6. The molecule has 0 saturated carbocycles. The van der Waals surface area contributed by atoms with E-state index in [-0.39, 0.29) is 36.5 Å². The first-order valence-electron chi connectivity index (χ1n) is 12.2. The third kappa shape index (κ3) is 5.57. The Morgan fingerprint density at radius 3 is 2.62 bits per heavy atom. The fraction of sp³-hybridized carbons (Fsp3) is 0.519. The van der Waals surface area contributed by atoms with Gasteiger partial charge in [-0.05, 0) is 67.6 Å². The monoisotopic (exact) mass is 473 g/mol. The molecular formula is C27H34F3N3O. The van der Waals surface area contributed by atoms with Gasteiger partial charge in [0.15, 0.2) is 0 Å². The van der Waals surface area contributed by atoms with Crippen LogP contribution in [0.4, 0.5) is 24.5 Å². The van der Waals surface area contributed by atoms with Gasteiger partial charge in [-0.3, -0.25) is 9.69 Å². The average molecular weight is 474 g/mol. The van der Waals surface area contributed by atoms with Crippen LogP contribution in [0.25, 0.3) is 0 Å². The molecule has 2 aliphatic heterocycles. The second kappa shape index (κ2) is 9.98. The first-order chi connectivity index (χ1) is 16.1. The van der Waals surface area contributed by atoms with E-state index in [1.54, 1.807) is 6.07 Å². The molecular weight excluding hydrogens is 439 g/mol. The highest BCUT2D eigenvalue weighted by Crippen LogP contribution is 2.32. The maximum Gasteiger partial charge on any atom is 0.250 e. The summed E-state index contributed by atoms with van der Waals surface area (Å²) in [4.78, 5) is 17.3. The number of amides is 1. The number of anilines is 2. The summed E-state index contributed by atoms with van der Waals surface area (Å²) in [6.45, 7) is 8.19. The Kier molecular flexibility index (Phi) is 7.22. The van der Waals surface area contributed by atoms with Gasteiger partial charge in [0.2, 0.25) is 5.91 Å². The first-order valence-corrected chi connectivity index (χ1v) is 12.2. The van der Waals surface area contributed by atoms with Crippen LogP contribution in [-0.2, 0) is 11.2 Å². The summed E-state index contributed by atoms with van der Waals surface area (Å²) in [5.74, 6) is -3.33. The van der Waals surface area contributed by atoms with Crippen molar-refractivity contribution in [3.8, 4) is 0 Å². The van der Waals surface area contributed by atoms with Gasteiger partial charge in [-0.15, -0.1) is 0 Å². The number of alkyl halides is 2. The van der Waals surface area contributed by atoms with Gasteiger partial charge in [-0.2, -0.15) is 0 Å². The Hall–Kier alpha value is -2.54. The molecule has 0 aromatic heterocycles. The van der Waals surface area contributed by atoms with E-state index in [4.69, 9.17) is 0 Å². The third-order valence-electron chi connectivity index (χ3n) is 7.46. The summed E-state index contributed by atoms with van der Waals surface area (Å²) in [6, 6.07) is 11.2. The van der Waals surface area contributed by atoms with E-state index < -0.39 is 5.92 Å². The second-order valence-corrected chi connectivity index (χ2v) is 9.89. The van der Waals surface area contributed by atoms with Crippen molar-refractivity contribution in [2.45, 2.75) is 58.4 Å². The van der Waals surface area contributed by atoms with E-state index in [9.17, 15) is 18.0 Å². The smallest absolute Gasteiger partial charge is 0.250 e. The number of carbonyl (C=O) groups is 1. The maximum absolute atomic E-state index is 14.3. The van der Waals surface area contributed by atoms with Gasteiger partial charge >= 0.3 is 0 Å². The second-order valence-electron chi connectivity index (χ2n) is 9.89. The van der Waals surface area contributed by atoms with E-state index in [0.29, 0.717) is 30.8 Å². The summed E-state index contributed by atoms with van der Waals surface area (Å²) in [5, 5.41) is 2.98. The number of carbonyl (C=O) groups excluding carboxylic acids is 1. The Balaban J connectivity index is 1.36. The molecule has 2 aromatic rings. The minimum atomic E-state index is -2.53. The van der Waals surface area contributed by atoms with Gasteiger partial charge in [0, 0.05) is 62.4 Å². The number of rotatable bonds is 6. The van der Waals surface area contributed by atoms with Crippen molar-refractivity contribution in [2.75, 3.05) is 36.4 Å². The van der Waals surface area contributed by atoms with E-state index in [1.165, 1.54) is 6.07 Å². The summed E-state index contributed by atoms with van der Waals surface area (Å²) < 4.78 is 41.3. The molecule has 184 valence electrons. The number of nitrogens with one attached hydrogen (secondary N) is 1. The lowest BCUT2D eigenvalue weighted by molar-refractivity contribution is -0.119. The van der Waals surface area contributed by atoms with Gasteiger partial charge in [0.05, 0.1) is 0 Å². The fourth-order valence-electron chi connectivity index (χ4n) is 5.03. The Labute approximate surface area is 200 Å². The van der Waals surface area contributed by atoms with Crippen molar-refractivity contribution in [2.24, 2.45) is 5.92 Å². The zero-order chi connectivity index (χ0) is 24.5. The predicted octanol–water partition coefficient (Wildman–Crippen LogP) is 5.57. The summed E-state index contributed by atoms with van der Waals surface area (Å²) >= 11 is 0. The van der Waals surface area contributed by atoms with Gasteiger partial charge in [0.25, 0.3) is 5.92 Å². The van der Waals surface area contributed by atoms with Crippen LogP contribution in [0.5, 0.6) is 0 Å². The highest BCUT2D eigenvalue weighted by molar-refractivity contribution is 5.93. The van der Waals surface area contributed by atoms with Crippen LogP contribution < -0.4 is 10.2 Å². The van der Waals surface area contributed by atoms with E-state index in [1.807, 2.05) is 45.0 Å². The Morgan fingerprint density at radius 2 is 1.88 bits per heavy atom. The standard InChI is InChI=1S/C27H34F3N3O/c1-18-7-8-25(28)24(20(18)3)15-19(2)26(34)31-21-5-4-6-22(16-21)33-12-9-23(17-33)32-13-10-27(29,30)11-14-32/h4-8,16,19,23H,9-15,17H2,1-3H3,(H,31,34). The lowest BCUT2D eigenvalue weighted by atomic mass is 9.94. The SMILES string of the molecule is Cc1ccc(F)c(CC(C)C(=O)Nc2cccc(N3CCC(N4CCC(F)(F)CC4)C3)c2)c1C. The quantitative estimate of drug-likeness (QED) is 0.596. The maximum atomic E-state index is 14.3. The normalized spacial score (nSPS) is 21.5. The van der Waals surface area contributed by atoms with Crippen LogP contribution in [0, 0.1) is 25.6 Å². The number of halogens is 3. The van der Waals surface area contributed by atoms with Crippen LogP contribution in [0.2, 0.25) is 0 Å². The van der Waals surface area contributed by atoms with Crippen LogP contribution in [-0.4, -0.2) is 49.0 Å². The molecule has 7 heteroatoms. The molecule has 0 radical (unpaired) electrons. The van der Waals surface area contributed by atoms with Crippen molar-refractivity contribution in [3.63, 3.8) is 0 Å². The fourth-order valence-corrected chi connectivity index (χ4v) is 5.03. The highest BCUT2D eigenvalue weighted by Gasteiger charge is 2.38. The van der Waals surface area contributed by atoms with Crippen LogP contribution >= 0.6 is 0 Å². The summed E-state index contributed by atoms with van der Waals surface area (Å²) in [5.41, 5.74) is 4.21. The van der Waals surface area contributed by atoms with Crippen molar-refractivity contribution in [3.05, 3.63) is 58.9 Å². The van der Waals surface area contributed by atoms with E-state index in [2.05, 4.69) is 15.1 Å². The van der Waals surface area contributed by atoms with Crippen LogP contribution in [0.3, 0.4) is 0 Å². The molecule has 2 aliphatic rings. The number of likely N-dealkylation sites (tertiary alicyclic amines) is 1. The van der Waals surface area contributed by atoms with Crippen molar-refractivity contribution in [1.29, 1.82) is 0 Å². The zero-order valence-electron chi connectivity index (χ0n) is 20.2. The molecule has 2 aromatic carbocycles. The molecule has 2 saturated heterocycles. The minimum absolute atomic E-state index is 0.0603. The molecule has 1 N–H and O–H groups in total. The van der Waals surface area contributed by atoms with Crippen molar-refractivity contribution in [1.82, 2.24) is 4.90 Å². The number of benzene rings is 2. The molecule has 4 nitrogen and oxygen atoms in total. The van der Waals surface area contributed by atoms with E-state index >= 15 is 0 Å².